The van der Waals surface area contributed by atoms with Crippen molar-refractivity contribution in [2.75, 3.05) is 18.4 Å². The number of hydrogen-bond acceptors (Lipinski definition) is 8. The minimum atomic E-state index is -2.94. The Balaban J connectivity index is 0.978. The number of nitrogens with one attached hydrogen (secondary N) is 2. The smallest absolute Gasteiger partial charge is 0.266 e. The second-order valence-corrected chi connectivity index (χ2v) is 15.5. The number of carbonyl (C=O) groups excluding carboxylic acids is 2. The molecule has 2 aliphatic heterocycles. The number of carbonyl (C=O) groups is 2. The SMILES string of the molecule is Cc1nnc(N[C@H](C)c2cccc(C(F)F)c2F)c2cc(-c3ccc(F)c(CN4CCC(c5ccc6c([C@@]7(C)CCC(=O)NC7=O)nn(C)c6c5)CC4)c3)ncc12. The van der Waals surface area contributed by atoms with Gasteiger partial charge in [-0.2, -0.15) is 10.2 Å². The van der Waals surface area contributed by atoms with Gasteiger partial charge in [-0.15, -0.1) is 5.10 Å². The van der Waals surface area contributed by atoms with Crippen molar-refractivity contribution in [2.24, 2.45) is 7.05 Å². The maximum Gasteiger partial charge on any atom is 0.266 e. The Hall–Kier alpha value is -5.76. The molecule has 2 amide bonds. The number of benzene rings is 3. The van der Waals surface area contributed by atoms with Crippen LogP contribution in [0, 0.1) is 18.6 Å². The van der Waals surface area contributed by atoms with Gasteiger partial charge in [0, 0.05) is 59.1 Å². The average molecular weight is 779 g/mol. The van der Waals surface area contributed by atoms with Gasteiger partial charge in [-0.1, -0.05) is 30.3 Å². The van der Waals surface area contributed by atoms with Crippen molar-refractivity contribution < 1.29 is 27.2 Å². The molecular weight excluding hydrogens is 737 g/mol. The van der Waals surface area contributed by atoms with Crippen molar-refractivity contribution in [1.82, 2.24) is 35.2 Å². The minimum Gasteiger partial charge on any atom is -0.361 e. The van der Waals surface area contributed by atoms with E-state index in [0.29, 0.717) is 63.7 Å². The molecule has 5 heterocycles. The number of pyridine rings is 1. The third-order valence-corrected chi connectivity index (χ3v) is 11.8. The van der Waals surface area contributed by atoms with Gasteiger partial charge in [0.2, 0.25) is 11.8 Å². The van der Waals surface area contributed by atoms with Crippen molar-refractivity contribution in [3.63, 3.8) is 0 Å². The fourth-order valence-corrected chi connectivity index (χ4v) is 8.28. The molecule has 2 N–H and O–H groups in total. The van der Waals surface area contributed by atoms with Crippen LogP contribution in [-0.2, 0) is 28.6 Å². The van der Waals surface area contributed by atoms with E-state index >= 15 is 8.78 Å². The van der Waals surface area contributed by atoms with Gasteiger partial charge in [0.25, 0.3) is 6.43 Å². The Bertz CT molecular complexity index is 2550. The van der Waals surface area contributed by atoms with Crippen molar-refractivity contribution in [3.8, 4) is 11.3 Å². The first-order valence-corrected chi connectivity index (χ1v) is 19.1. The largest absolute Gasteiger partial charge is 0.361 e. The number of imide groups is 1. The molecule has 0 radical (unpaired) electrons. The Morgan fingerprint density at radius 3 is 2.49 bits per heavy atom. The van der Waals surface area contributed by atoms with Crippen LogP contribution in [0.4, 0.5) is 23.4 Å². The molecule has 6 aromatic rings. The number of aromatic nitrogens is 5. The summed E-state index contributed by atoms with van der Waals surface area (Å²) in [6, 6.07) is 16.3. The maximum absolute atomic E-state index is 15.4. The molecule has 0 aliphatic carbocycles. The summed E-state index contributed by atoms with van der Waals surface area (Å²) < 4.78 is 59.0. The topological polar surface area (TPSA) is 118 Å². The zero-order valence-electron chi connectivity index (χ0n) is 32.0. The number of halogens is 4. The fourth-order valence-electron chi connectivity index (χ4n) is 8.28. The van der Waals surface area contributed by atoms with Gasteiger partial charge < -0.3 is 5.32 Å². The summed E-state index contributed by atoms with van der Waals surface area (Å²) in [4.78, 5) is 31.7. The van der Waals surface area contributed by atoms with E-state index in [-0.39, 0.29) is 29.6 Å². The molecule has 0 spiro atoms. The van der Waals surface area contributed by atoms with Crippen LogP contribution in [0.3, 0.4) is 0 Å². The first-order chi connectivity index (χ1) is 27.3. The molecule has 10 nitrogen and oxygen atoms in total. The molecule has 2 fully saturated rings. The second kappa shape index (κ2) is 15.0. The number of aryl methyl sites for hydroxylation is 2. The van der Waals surface area contributed by atoms with Gasteiger partial charge in [-0.05, 0) is 94.9 Å². The highest BCUT2D eigenvalue weighted by atomic mass is 19.3. The van der Waals surface area contributed by atoms with E-state index in [4.69, 9.17) is 5.10 Å². The molecule has 3 aromatic carbocycles. The highest BCUT2D eigenvalue weighted by molar-refractivity contribution is 6.05. The predicted molar refractivity (Wildman–Crippen MR) is 209 cm³/mol. The molecule has 2 atom stereocenters. The summed E-state index contributed by atoms with van der Waals surface area (Å²) in [6.07, 6.45) is 1.19. The lowest BCUT2D eigenvalue weighted by molar-refractivity contribution is -0.137. The van der Waals surface area contributed by atoms with Gasteiger partial charge in [-0.3, -0.25) is 29.5 Å². The number of nitrogens with zero attached hydrogens (tertiary/aromatic N) is 6. The quantitative estimate of drug-likeness (QED) is 0.111. The highest BCUT2D eigenvalue weighted by Crippen LogP contribution is 2.38. The molecule has 8 rings (SSSR count). The van der Waals surface area contributed by atoms with Crippen LogP contribution in [0.25, 0.3) is 32.9 Å². The lowest BCUT2D eigenvalue weighted by Gasteiger charge is -2.32. The molecule has 0 saturated carbocycles. The summed E-state index contributed by atoms with van der Waals surface area (Å²) in [5.74, 6) is -1.22. The monoisotopic (exact) mass is 778 g/mol. The lowest BCUT2D eigenvalue weighted by Crippen LogP contribution is -2.50. The van der Waals surface area contributed by atoms with E-state index < -0.39 is 29.3 Å². The third kappa shape index (κ3) is 7.11. The van der Waals surface area contributed by atoms with Gasteiger partial charge in [-0.25, -0.2) is 17.6 Å². The van der Waals surface area contributed by atoms with E-state index in [2.05, 4.69) is 42.8 Å². The van der Waals surface area contributed by atoms with Crippen LogP contribution in [0.1, 0.15) is 91.6 Å². The van der Waals surface area contributed by atoms with Crippen LogP contribution in [0.2, 0.25) is 0 Å². The number of amides is 2. The third-order valence-electron chi connectivity index (χ3n) is 11.8. The van der Waals surface area contributed by atoms with Crippen LogP contribution >= 0.6 is 0 Å². The van der Waals surface area contributed by atoms with Gasteiger partial charge in [0.05, 0.1) is 39.6 Å². The van der Waals surface area contributed by atoms with Crippen LogP contribution in [0.5, 0.6) is 0 Å². The minimum absolute atomic E-state index is 0.0781. The first-order valence-electron chi connectivity index (χ1n) is 19.1. The summed E-state index contributed by atoms with van der Waals surface area (Å²) in [6.45, 7) is 7.28. The lowest BCUT2D eigenvalue weighted by atomic mass is 9.77. The first kappa shape index (κ1) is 38.1. The summed E-state index contributed by atoms with van der Waals surface area (Å²) in [5.41, 5.74) is 3.80. The molecule has 14 heteroatoms. The Morgan fingerprint density at radius 1 is 0.965 bits per heavy atom. The Labute approximate surface area is 326 Å². The molecular formula is C43H42F4N8O2. The van der Waals surface area contributed by atoms with Crippen molar-refractivity contribution >= 4 is 39.3 Å². The number of fused-ring (bicyclic) bond motifs is 2. The number of piperidine rings is 2. The summed E-state index contributed by atoms with van der Waals surface area (Å²) in [5, 5.41) is 21.2. The average Bonchev–Trinajstić information content (AvgIpc) is 3.54. The van der Waals surface area contributed by atoms with E-state index in [0.717, 1.165) is 42.9 Å². The molecule has 3 aromatic heterocycles. The van der Waals surface area contributed by atoms with Gasteiger partial charge in [0.1, 0.15) is 11.6 Å². The molecule has 0 bridgehead atoms. The fraction of sp³-hybridized carbons (Fsp3) is 0.349. The van der Waals surface area contributed by atoms with Crippen molar-refractivity contribution in [1.29, 1.82) is 0 Å². The summed E-state index contributed by atoms with van der Waals surface area (Å²) in [7, 11) is 1.87. The standard InChI is InChI=1S/C43H42F4N8O2/c1-23(29-6-5-7-31(38(29)45)40(46)47)49-41-32-20-35(48-21-33(32)24(2)51-52-41)27-9-11-34(44)28(18-27)22-55-16-13-25(14-17-55)26-8-10-30-36(19-26)54(4)53-39(30)43(3)15-12-37(56)50-42(43)57/h5-11,18-21,23,25,40H,12-17,22H2,1-4H3,(H,49,52)(H,50,56,57)/t23-,43-/m1/s1. The highest BCUT2D eigenvalue weighted by Gasteiger charge is 2.43. The van der Waals surface area contributed by atoms with Gasteiger partial charge in [0.15, 0.2) is 5.82 Å². The van der Waals surface area contributed by atoms with Crippen molar-refractivity contribution in [2.45, 2.75) is 76.8 Å². The zero-order chi connectivity index (χ0) is 40.2. The molecule has 57 heavy (non-hydrogen) atoms. The Kier molecular flexibility index (Phi) is 10.0. The normalized spacial score (nSPS) is 18.8. The van der Waals surface area contributed by atoms with Crippen LogP contribution in [0.15, 0.2) is 66.9 Å². The van der Waals surface area contributed by atoms with E-state index in [1.165, 1.54) is 23.8 Å². The number of hydrogen-bond donors (Lipinski definition) is 2. The van der Waals surface area contributed by atoms with Crippen molar-refractivity contribution in [3.05, 3.63) is 112 Å². The maximum atomic E-state index is 15.4. The number of rotatable bonds is 9. The van der Waals surface area contributed by atoms with Gasteiger partial charge >= 0.3 is 0 Å². The molecule has 294 valence electrons. The van der Waals surface area contributed by atoms with E-state index in [9.17, 15) is 18.4 Å². The van der Waals surface area contributed by atoms with E-state index in [1.54, 1.807) is 26.1 Å². The van der Waals surface area contributed by atoms with Crippen LogP contribution in [-0.4, -0.2) is 54.8 Å². The molecule has 0 unspecified atom stereocenters. The van der Waals surface area contributed by atoms with E-state index in [1.807, 2.05) is 36.9 Å². The zero-order valence-corrected chi connectivity index (χ0v) is 32.0. The molecule has 2 aliphatic rings. The number of alkyl halides is 2. The number of anilines is 1. The number of likely N-dealkylation sites (tertiary alicyclic amines) is 1. The molecule has 2 saturated heterocycles. The van der Waals surface area contributed by atoms with Crippen LogP contribution < -0.4 is 10.6 Å². The second-order valence-electron chi connectivity index (χ2n) is 15.5. The summed E-state index contributed by atoms with van der Waals surface area (Å²) >= 11 is 0. The Morgan fingerprint density at radius 2 is 1.74 bits per heavy atom. The predicted octanol–water partition coefficient (Wildman–Crippen LogP) is 8.35.